The van der Waals surface area contributed by atoms with Gasteiger partial charge in [0.1, 0.15) is 11.5 Å². The number of nitrogens with one attached hydrogen (secondary N) is 1. The molecule has 2 aromatic rings. The van der Waals surface area contributed by atoms with E-state index in [1.54, 1.807) is 0 Å². The summed E-state index contributed by atoms with van der Waals surface area (Å²) in [5.74, 6) is 0.718. The lowest BCUT2D eigenvalue weighted by molar-refractivity contribution is -0.141. The predicted octanol–water partition coefficient (Wildman–Crippen LogP) is 4.80. The predicted molar refractivity (Wildman–Crippen MR) is 107 cm³/mol. The van der Waals surface area contributed by atoms with E-state index in [1.807, 2.05) is 38.2 Å². The van der Waals surface area contributed by atoms with Gasteiger partial charge in [0.05, 0.1) is 19.2 Å². The van der Waals surface area contributed by atoms with Gasteiger partial charge >= 0.3 is 5.97 Å². The summed E-state index contributed by atoms with van der Waals surface area (Å²) < 4.78 is 6.96. The van der Waals surface area contributed by atoms with Crippen molar-refractivity contribution < 1.29 is 9.53 Å². The molecule has 0 unspecified atom stereocenters. The van der Waals surface area contributed by atoms with E-state index >= 15 is 0 Å². The molecule has 0 aliphatic rings. The van der Waals surface area contributed by atoms with Crippen LogP contribution in [0.3, 0.4) is 0 Å². The summed E-state index contributed by atoms with van der Waals surface area (Å²) in [5, 5.41) is 3.71. The monoisotopic (exact) mass is 359 g/mol. The molecule has 26 heavy (non-hydrogen) atoms. The Morgan fingerprint density at radius 2 is 1.81 bits per heavy atom. The summed E-state index contributed by atoms with van der Waals surface area (Å²) in [6, 6.07) is 5.96. The number of methoxy groups -OCH3 is 1. The van der Waals surface area contributed by atoms with Gasteiger partial charge in [-0.3, -0.25) is 9.20 Å². The van der Waals surface area contributed by atoms with Crippen LogP contribution in [0.2, 0.25) is 0 Å². The molecule has 5 nitrogen and oxygen atoms in total. The summed E-state index contributed by atoms with van der Waals surface area (Å²) in [7, 11) is 1.42. The van der Waals surface area contributed by atoms with Crippen molar-refractivity contribution in [1.82, 2.24) is 9.38 Å². The fraction of sp³-hybridized carbons (Fsp3) is 0.619. The van der Waals surface area contributed by atoms with E-state index in [2.05, 4.69) is 44.3 Å². The summed E-state index contributed by atoms with van der Waals surface area (Å²) >= 11 is 0. The number of ether oxygens (including phenoxy) is 1. The molecule has 2 rings (SSSR count). The van der Waals surface area contributed by atoms with E-state index in [0.717, 1.165) is 23.6 Å². The second-order valence-electron chi connectivity index (χ2n) is 9.62. The molecule has 0 radical (unpaired) electrons. The third-order valence-corrected chi connectivity index (χ3v) is 4.41. The molecule has 0 saturated heterocycles. The van der Waals surface area contributed by atoms with Crippen molar-refractivity contribution in [1.29, 1.82) is 0 Å². The van der Waals surface area contributed by atoms with Gasteiger partial charge in [0.2, 0.25) is 0 Å². The van der Waals surface area contributed by atoms with Crippen molar-refractivity contribution in [3.63, 3.8) is 0 Å². The first-order chi connectivity index (χ1) is 11.8. The highest BCUT2D eigenvalue weighted by Gasteiger charge is 2.34. The Morgan fingerprint density at radius 3 is 2.38 bits per heavy atom. The quantitative estimate of drug-likeness (QED) is 0.753. The van der Waals surface area contributed by atoms with Crippen molar-refractivity contribution >= 4 is 17.4 Å². The van der Waals surface area contributed by atoms with Crippen molar-refractivity contribution in [2.75, 3.05) is 12.4 Å². The van der Waals surface area contributed by atoms with Gasteiger partial charge < -0.3 is 10.1 Å². The largest absolute Gasteiger partial charge is 0.469 e. The molecule has 0 aliphatic carbocycles. The van der Waals surface area contributed by atoms with Gasteiger partial charge in [0.15, 0.2) is 0 Å². The van der Waals surface area contributed by atoms with Crippen LogP contribution in [0.1, 0.15) is 67.0 Å². The molecule has 0 fully saturated rings. The number of anilines is 1. The van der Waals surface area contributed by atoms with E-state index in [-0.39, 0.29) is 23.3 Å². The van der Waals surface area contributed by atoms with Crippen LogP contribution in [-0.4, -0.2) is 28.0 Å². The number of imidazole rings is 1. The standard InChI is InChI=1S/C21H33N3O2/c1-19(2,3)14-21(6,7)23-18-17(20(4,5)13-16(25)26-8)22-15-11-9-10-12-24(15)18/h9-12,23H,13-14H2,1-8H3. The minimum Gasteiger partial charge on any atom is -0.469 e. The van der Waals surface area contributed by atoms with Crippen LogP contribution in [0, 0.1) is 5.41 Å². The zero-order valence-electron chi connectivity index (χ0n) is 17.4. The molecule has 0 saturated carbocycles. The van der Waals surface area contributed by atoms with Gasteiger partial charge in [-0.15, -0.1) is 0 Å². The SMILES string of the molecule is COC(=O)CC(C)(C)c1nc2ccccn2c1NC(C)(C)CC(C)(C)C. The van der Waals surface area contributed by atoms with E-state index in [1.165, 1.54) is 7.11 Å². The Bertz CT molecular complexity index is 782. The highest BCUT2D eigenvalue weighted by atomic mass is 16.5. The second kappa shape index (κ2) is 6.93. The van der Waals surface area contributed by atoms with E-state index in [0.29, 0.717) is 0 Å². The number of hydrogen-bond acceptors (Lipinski definition) is 4. The molecule has 5 heteroatoms. The average Bonchev–Trinajstić information content (AvgIpc) is 2.83. The zero-order valence-corrected chi connectivity index (χ0v) is 17.4. The summed E-state index contributed by atoms with van der Waals surface area (Å²) in [4.78, 5) is 16.8. The lowest BCUT2D eigenvalue weighted by atomic mass is 9.81. The first kappa shape index (κ1) is 20.3. The van der Waals surface area contributed by atoms with Gasteiger partial charge in [-0.25, -0.2) is 4.98 Å². The fourth-order valence-corrected chi connectivity index (χ4v) is 3.79. The lowest BCUT2D eigenvalue weighted by Gasteiger charge is -2.35. The Balaban J connectivity index is 2.51. The number of pyridine rings is 1. The number of hydrogen-bond donors (Lipinski definition) is 1. The topological polar surface area (TPSA) is 55.6 Å². The average molecular weight is 360 g/mol. The minimum absolute atomic E-state index is 0.125. The fourth-order valence-electron chi connectivity index (χ4n) is 3.79. The van der Waals surface area contributed by atoms with Crippen molar-refractivity contribution in [3.8, 4) is 0 Å². The maximum absolute atomic E-state index is 11.9. The molecule has 0 aromatic carbocycles. The van der Waals surface area contributed by atoms with Crippen LogP contribution in [0.5, 0.6) is 0 Å². The highest BCUT2D eigenvalue weighted by Crippen LogP contribution is 2.37. The lowest BCUT2D eigenvalue weighted by Crippen LogP contribution is -2.37. The van der Waals surface area contributed by atoms with Crippen molar-refractivity contribution in [2.45, 2.75) is 72.3 Å². The Hall–Kier alpha value is -2.04. The number of fused-ring (bicyclic) bond motifs is 1. The third kappa shape index (κ3) is 4.77. The zero-order chi connectivity index (χ0) is 19.8. The molecule has 1 N–H and O–H groups in total. The summed E-state index contributed by atoms with van der Waals surface area (Å²) in [6.45, 7) is 15.2. The van der Waals surface area contributed by atoms with Crippen LogP contribution in [-0.2, 0) is 14.9 Å². The highest BCUT2D eigenvalue weighted by molar-refractivity contribution is 5.72. The molecule has 0 spiro atoms. The van der Waals surface area contributed by atoms with E-state index in [4.69, 9.17) is 9.72 Å². The number of carbonyl (C=O) groups excluding carboxylic acids is 1. The molecule has 0 atom stereocenters. The first-order valence-electron chi connectivity index (χ1n) is 9.17. The molecule has 0 bridgehead atoms. The smallest absolute Gasteiger partial charge is 0.306 e. The third-order valence-electron chi connectivity index (χ3n) is 4.41. The maximum atomic E-state index is 11.9. The first-order valence-corrected chi connectivity index (χ1v) is 9.17. The number of aromatic nitrogens is 2. The van der Waals surface area contributed by atoms with Crippen LogP contribution < -0.4 is 5.32 Å². The molecule has 2 heterocycles. The normalized spacial score (nSPS) is 13.1. The van der Waals surface area contributed by atoms with Gasteiger partial charge in [-0.2, -0.15) is 0 Å². The maximum Gasteiger partial charge on any atom is 0.306 e. The van der Waals surface area contributed by atoms with Crippen LogP contribution in [0.25, 0.3) is 5.65 Å². The number of carbonyl (C=O) groups is 1. The number of esters is 1. The molecule has 0 amide bonds. The molecular weight excluding hydrogens is 326 g/mol. The summed E-state index contributed by atoms with van der Waals surface area (Å²) in [5.41, 5.74) is 1.38. The number of rotatable bonds is 6. The minimum atomic E-state index is -0.445. The van der Waals surface area contributed by atoms with Gasteiger partial charge in [-0.1, -0.05) is 40.7 Å². The Morgan fingerprint density at radius 1 is 1.15 bits per heavy atom. The van der Waals surface area contributed by atoms with Crippen LogP contribution in [0.15, 0.2) is 24.4 Å². The van der Waals surface area contributed by atoms with Gasteiger partial charge in [0, 0.05) is 17.2 Å². The second-order valence-corrected chi connectivity index (χ2v) is 9.62. The van der Waals surface area contributed by atoms with Crippen molar-refractivity contribution in [2.24, 2.45) is 5.41 Å². The Labute approximate surface area is 157 Å². The Kier molecular flexibility index (Phi) is 5.41. The summed E-state index contributed by atoms with van der Waals surface area (Å²) in [6.07, 6.45) is 3.29. The molecule has 2 aromatic heterocycles. The van der Waals surface area contributed by atoms with E-state index < -0.39 is 5.41 Å². The van der Waals surface area contributed by atoms with Gasteiger partial charge in [-0.05, 0) is 37.8 Å². The number of nitrogens with zero attached hydrogens (tertiary/aromatic N) is 2. The molecule has 0 aliphatic heterocycles. The molecule has 144 valence electrons. The van der Waals surface area contributed by atoms with Crippen molar-refractivity contribution in [3.05, 3.63) is 30.1 Å². The van der Waals surface area contributed by atoms with Gasteiger partial charge in [0.25, 0.3) is 0 Å². The van der Waals surface area contributed by atoms with E-state index in [9.17, 15) is 4.79 Å². The van der Waals surface area contributed by atoms with Crippen LogP contribution >= 0.6 is 0 Å². The molecular formula is C21H33N3O2. The van der Waals surface area contributed by atoms with Crippen LogP contribution in [0.4, 0.5) is 5.82 Å².